The molecule has 118 valence electrons. The van der Waals surface area contributed by atoms with E-state index in [0.29, 0.717) is 5.56 Å². The summed E-state index contributed by atoms with van der Waals surface area (Å²) in [6, 6.07) is 11.0. The number of aromatic carboxylic acids is 1. The largest absolute Gasteiger partial charge is 0.491 e. The van der Waals surface area contributed by atoms with E-state index in [2.05, 4.69) is 13.8 Å². The van der Waals surface area contributed by atoms with Crippen molar-refractivity contribution in [1.29, 1.82) is 0 Å². The quantitative estimate of drug-likeness (QED) is 0.675. The monoisotopic (exact) mass is 300 g/mol. The molecule has 0 spiro atoms. The van der Waals surface area contributed by atoms with Gasteiger partial charge in [0.2, 0.25) is 0 Å². The SMILES string of the molecule is CCCCCC[C@H](C)Oc1ccc2cc(C(=O)O)ccc2c1. The first-order valence-electron chi connectivity index (χ1n) is 8.04. The summed E-state index contributed by atoms with van der Waals surface area (Å²) in [6.45, 7) is 4.31. The highest BCUT2D eigenvalue weighted by molar-refractivity contribution is 5.94. The van der Waals surface area contributed by atoms with Crippen LogP contribution in [0.15, 0.2) is 36.4 Å². The molecule has 3 nitrogen and oxygen atoms in total. The normalized spacial score (nSPS) is 12.3. The van der Waals surface area contributed by atoms with Gasteiger partial charge in [0, 0.05) is 0 Å². The van der Waals surface area contributed by atoms with Crippen molar-refractivity contribution in [1.82, 2.24) is 0 Å². The second-order valence-corrected chi connectivity index (χ2v) is 5.81. The number of hydrogen-bond acceptors (Lipinski definition) is 2. The minimum atomic E-state index is -0.900. The van der Waals surface area contributed by atoms with Crippen molar-refractivity contribution < 1.29 is 14.6 Å². The summed E-state index contributed by atoms with van der Waals surface area (Å²) in [6.07, 6.45) is 6.26. The van der Waals surface area contributed by atoms with E-state index in [4.69, 9.17) is 9.84 Å². The fourth-order valence-corrected chi connectivity index (χ4v) is 2.58. The summed E-state index contributed by atoms with van der Waals surface area (Å²) in [5.41, 5.74) is 0.311. The lowest BCUT2D eigenvalue weighted by Gasteiger charge is -2.15. The summed E-state index contributed by atoms with van der Waals surface area (Å²) >= 11 is 0. The van der Waals surface area contributed by atoms with Gasteiger partial charge in [-0.1, -0.05) is 38.3 Å². The van der Waals surface area contributed by atoms with E-state index in [1.54, 1.807) is 12.1 Å². The van der Waals surface area contributed by atoms with Crippen LogP contribution in [0.3, 0.4) is 0 Å². The molecule has 0 bridgehead atoms. The second-order valence-electron chi connectivity index (χ2n) is 5.81. The molecule has 0 fully saturated rings. The number of carbonyl (C=O) groups is 1. The number of benzene rings is 2. The maximum atomic E-state index is 11.0. The van der Waals surface area contributed by atoms with Gasteiger partial charge >= 0.3 is 5.97 Å². The van der Waals surface area contributed by atoms with Crippen LogP contribution in [0, 0.1) is 0 Å². The maximum absolute atomic E-state index is 11.0. The molecule has 0 aromatic heterocycles. The van der Waals surface area contributed by atoms with Crippen molar-refractivity contribution in [2.45, 2.75) is 52.1 Å². The van der Waals surface area contributed by atoms with Gasteiger partial charge in [0.05, 0.1) is 11.7 Å². The third-order valence-electron chi connectivity index (χ3n) is 3.86. The van der Waals surface area contributed by atoms with Crippen LogP contribution in [-0.2, 0) is 0 Å². The summed E-state index contributed by atoms with van der Waals surface area (Å²) in [4.78, 5) is 11.0. The second kappa shape index (κ2) is 7.83. The molecule has 2 rings (SSSR count). The van der Waals surface area contributed by atoms with Crippen LogP contribution in [0.25, 0.3) is 10.8 Å². The van der Waals surface area contributed by atoms with Crippen molar-refractivity contribution in [3.63, 3.8) is 0 Å². The first-order chi connectivity index (χ1) is 10.6. The zero-order chi connectivity index (χ0) is 15.9. The molecular formula is C19H24O3. The fraction of sp³-hybridized carbons (Fsp3) is 0.421. The van der Waals surface area contributed by atoms with Crippen molar-refractivity contribution in [2.75, 3.05) is 0 Å². The Hall–Kier alpha value is -2.03. The minimum Gasteiger partial charge on any atom is -0.491 e. The van der Waals surface area contributed by atoms with Gasteiger partial charge in [-0.05, 0) is 54.8 Å². The summed E-state index contributed by atoms with van der Waals surface area (Å²) < 4.78 is 5.96. The number of carboxylic acids is 1. The van der Waals surface area contributed by atoms with Crippen LogP contribution in [0.2, 0.25) is 0 Å². The highest BCUT2D eigenvalue weighted by Gasteiger charge is 2.07. The van der Waals surface area contributed by atoms with Gasteiger partial charge < -0.3 is 9.84 Å². The van der Waals surface area contributed by atoms with Crippen LogP contribution in [0.1, 0.15) is 56.3 Å². The molecule has 0 aliphatic heterocycles. The molecule has 0 radical (unpaired) electrons. The predicted molar refractivity (Wildman–Crippen MR) is 89.8 cm³/mol. The van der Waals surface area contributed by atoms with E-state index in [0.717, 1.165) is 22.9 Å². The molecule has 22 heavy (non-hydrogen) atoms. The Kier molecular flexibility index (Phi) is 5.82. The van der Waals surface area contributed by atoms with E-state index in [1.807, 2.05) is 24.3 Å². The molecule has 0 saturated carbocycles. The smallest absolute Gasteiger partial charge is 0.335 e. The Morgan fingerprint density at radius 2 is 1.82 bits per heavy atom. The number of fused-ring (bicyclic) bond motifs is 1. The Bertz CT molecular complexity index is 634. The van der Waals surface area contributed by atoms with Crippen LogP contribution in [0.4, 0.5) is 0 Å². The van der Waals surface area contributed by atoms with Crippen LogP contribution in [0.5, 0.6) is 5.75 Å². The first-order valence-corrected chi connectivity index (χ1v) is 8.04. The van der Waals surface area contributed by atoms with E-state index in [-0.39, 0.29) is 6.10 Å². The third kappa shape index (κ3) is 4.48. The molecule has 1 N–H and O–H groups in total. The van der Waals surface area contributed by atoms with Gasteiger partial charge in [-0.2, -0.15) is 0 Å². The van der Waals surface area contributed by atoms with E-state index >= 15 is 0 Å². The molecule has 0 aliphatic carbocycles. The zero-order valence-corrected chi connectivity index (χ0v) is 13.3. The van der Waals surface area contributed by atoms with Crippen molar-refractivity contribution in [2.24, 2.45) is 0 Å². The molecule has 3 heteroatoms. The van der Waals surface area contributed by atoms with Gasteiger partial charge in [-0.3, -0.25) is 0 Å². The number of hydrogen-bond donors (Lipinski definition) is 1. The van der Waals surface area contributed by atoms with Crippen molar-refractivity contribution >= 4 is 16.7 Å². The molecular weight excluding hydrogens is 276 g/mol. The van der Waals surface area contributed by atoms with Crippen LogP contribution < -0.4 is 4.74 Å². The van der Waals surface area contributed by atoms with Gasteiger partial charge in [0.1, 0.15) is 5.75 Å². The molecule has 0 amide bonds. The molecule has 1 atom stereocenters. The van der Waals surface area contributed by atoms with Crippen molar-refractivity contribution in [3.8, 4) is 5.75 Å². The lowest BCUT2D eigenvalue weighted by atomic mass is 10.1. The predicted octanol–water partition coefficient (Wildman–Crippen LogP) is 5.28. The van der Waals surface area contributed by atoms with Crippen molar-refractivity contribution in [3.05, 3.63) is 42.0 Å². The Balaban J connectivity index is 2.00. The van der Waals surface area contributed by atoms with E-state index < -0.39 is 5.97 Å². The lowest BCUT2D eigenvalue weighted by molar-refractivity contribution is 0.0697. The number of ether oxygens (including phenoxy) is 1. The average molecular weight is 300 g/mol. The van der Waals surface area contributed by atoms with Gasteiger partial charge in [-0.15, -0.1) is 0 Å². The lowest BCUT2D eigenvalue weighted by Crippen LogP contribution is -2.11. The number of carboxylic acid groups (broad SMARTS) is 1. The highest BCUT2D eigenvalue weighted by Crippen LogP contribution is 2.23. The summed E-state index contributed by atoms with van der Waals surface area (Å²) in [5.74, 6) is -0.0542. The number of rotatable bonds is 8. The minimum absolute atomic E-state index is 0.201. The molecule has 0 heterocycles. The Morgan fingerprint density at radius 3 is 2.55 bits per heavy atom. The van der Waals surface area contributed by atoms with Gasteiger partial charge in [0.15, 0.2) is 0 Å². The fourth-order valence-electron chi connectivity index (χ4n) is 2.58. The number of unbranched alkanes of at least 4 members (excludes halogenated alkanes) is 3. The standard InChI is InChI=1S/C19H24O3/c1-3-4-5-6-7-14(2)22-18-11-10-15-12-17(19(20)21)9-8-16(15)13-18/h8-14H,3-7H2,1-2H3,(H,20,21)/t14-/m0/s1. The van der Waals surface area contributed by atoms with Crippen LogP contribution in [-0.4, -0.2) is 17.2 Å². The third-order valence-corrected chi connectivity index (χ3v) is 3.86. The topological polar surface area (TPSA) is 46.5 Å². The molecule has 0 aliphatic rings. The Labute approximate surface area is 131 Å². The summed E-state index contributed by atoms with van der Waals surface area (Å²) in [5, 5.41) is 10.9. The highest BCUT2D eigenvalue weighted by atomic mass is 16.5. The molecule has 2 aromatic carbocycles. The van der Waals surface area contributed by atoms with Gasteiger partial charge in [0.25, 0.3) is 0 Å². The van der Waals surface area contributed by atoms with E-state index in [9.17, 15) is 4.79 Å². The first kappa shape index (κ1) is 16.3. The maximum Gasteiger partial charge on any atom is 0.335 e. The zero-order valence-electron chi connectivity index (χ0n) is 13.3. The van der Waals surface area contributed by atoms with Gasteiger partial charge in [-0.25, -0.2) is 4.79 Å². The van der Waals surface area contributed by atoms with Crippen LogP contribution >= 0.6 is 0 Å². The molecule has 0 saturated heterocycles. The molecule has 2 aromatic rings. The molecule has 0 unspecified atom stereocenters. The summed E-state index contributed by atoms with van der Waals surface area (Å²) in [7, 11) is 0. The van der Waals surface area contributed by atoms with E-state index in [1.165, 1.54) is 25.7 Å². The Morgan fingerprint density at radius 1 is 1.09 bits per heavy atom. The average Bonchev–Trinajstić information content (AvgIpc) is 2.51.